The summed E-state index contributed by atoms with van der Waals surface area (Å²) in [5.74, 6) is 0.871. The van der Waals surface area contributed by atoms with E-state index in [1.165, 1.54) is 22.3 Å². The molecule has 5 rings (SSSR count). The largest absolute Gasteiger partial charge is 0.352 e. The lowest BCUT2D eigenvalue weighted by atomic mass is 10.00. The van der Waals surface area contributed by atoms with E-state index in [1.54, 1.807) is 11.1 Å². The Hall–Kier alpha value is -3.87. The number of anilines is 1. The van der Waals surface area contributed by atoms with Gasteiger partial charge in [0, 0.05) is 38.9 Å². The van der Waals surface area contributed by atoms with E-state index in [1.807, 2.05) is 24.3 Å². The molecule has 3 aromatic rings. The standard InChI is InChI=1S/C27H29N5O2/c33-26(32-14-12-22-6-2-4-8-24(22)19-32)17-30-27(34)29-16-20-9-10-25(28-15-20)31-13-11-21-5-1-3-7-23(21)18-31/h1-10,15H,11-14,16-19H2,(H2,29,30,34). The highest BCUT2D eigenvalue weighted by Crippen LogP contribution is 2.23. The SMILES string of the molecule is O=C(NCC(=O)N1CCc2ccccc2C1)NCc1ccc(N2CCc3ccccc3C2)nc1. The number of hydrogen-bond donors (Lipinski definition) is 2. The third kappa shape index (κ3) is 5.03. The number of carbonyl (C=O) groups excluding carboxylic acids is 2. The number of urea groups is 1. The minimum absolute atomic E-state index is 0.0123. The number of nitrogens with zero attached hydrogens (tertiary/aromatic N) is 3. The van der Waals surface area contributed by atoms with Gasteiger partial charge in [0.1, 0.15) is 5.82 Å². The fourth-order valence-corrected chi connectivity index (χ4v) is 4.62. The summed E-state index contributed by atoms with van der Waals surface area (Å²) in [6.07, 6.45) is 3.66. The van der Waals surface area contributed by atoms with Crippen LogP contribution in [0.5, 0.6) is 0 Å². The summed E-state index contributed by atoms with van der Waals surface area (Å²) < 4.78 is 0. The summed E-state index contributed by atoms with van der Waals surface area (Å²) in [6, 6.07) is 20.3. The number of amides is 3. The Labute approximate surface area is 199 Å². The number of pyridine rings is 1. The molecule has 2 aliphatic heterocycles. The van der Waals surface area contributed by atoms with Crippen molar-refractivity contribution in [3.8, 4) is 0 Å². The van der Waals surface area contributed by atoms with E-state index >= 15 is 0 Å². The Balaban J connectivity index is 1.06. The zero-order chi connectivity index (χ0) is 23.3. The maximum Gasteiger partial charge on any atom is 0.315 e. The van der Waals surface area contributed by atoms with E-state index in [4.69, 9.17) is 0 Å². The second-order valence-electron chi connectivity index (χ2n) is 8.84. The third-order valence-electron chi connectivity index (χ3n) is 6.60. The fraction of sp³-hybridized carbons (Fsp3) is 0.296. The number of aromatic nitrogens is 1. The van der Waals surface area contributed by atoms with Crippen molar-refractivity contribution < 1.29 is 9.59 Å². The van der Waals surface area contributed by atoms with Gasteiger partial charge in [-0.2, -0.15) is 0 Å². The lowest BCUT2D eigenvalue weighted by molar-refractivity contribution is -0.130. The fourth-order valence-electron chi connectivity index (χ4n) is 4.62. The smallest absolute Gasteiger partial charge is 0.315 e. The molecule has 0 atom stereocenters. The summed E-state index contributed by atoms with van der Waals surface area (Å²) in [6.45, 7) is 3.42. The molecule has 2 aromatic carbocycles. The lowest BCUT2D eigenvalue weighted by Crippen LogP contribution is -2.45. The molecule has 0 radical (unpaired) electrons. The van der Waals surface area contributed by atoms with Crippen LogP contribution in [0, 0.1) is 0 Å². The molecule has 0 spiro atoms. The topological polar surface area (TPSA) is 77.6 Å². The Morgan fingerprint density at radius 3 is 2.18 bits per heavy atom. The highest BCUT2D eigenvalue weighted by atomic mass is 16.2. The van der Waals surface area contributed by atoms with Crippen molar-refractivity contribution >= 4 is 17.8 Å². The first-order valence-electron chi connectivity index (χ1n) is 11.8. The Kier molecular flexibility index (Phi) is 6.42. The van der Waals surface area contributed by atoms with E-state index < -0.39 is 0 Å². The van der Waals surface area contributed by atoms with Crippen LogP contribution in [0.3, 0.4) is 0 Å². The van der Waals surface area contributed by atoms with Gasteiger partial charge in [-0.3, -0.25) is 4.79 Å². The van der Waals surface area contributed by atoms with Gasteiger partial charge >= 0.3 is 6.03 Å². The lowest BCUT2D eigenvalue weighted by Gasteiger charge is -2.29. The molecular formula is C27H29N5O2. The van der Waals surface area contributed by atoms with Crippen LogP contribution >= 0.6 is 0 Å². The molecule has 34 heavy (non-hydrogen) atoms. The second kappa shape index (κ2) is 9.95. The van der Waals surface area contributed by atoms with Gasteiger partial charge in [-0.05, 0) is 46.7 Å². The molecule has 3 amide bonds. The molecule has 0 bridgehead atoms. The van der Waals surface area contributed by atoms with E-state index in [2.05, 4.69) is 56.9 Å². The predicted molar refractivity (Wildman–Crippen MR) is 131 cm³/mol. The zero-order valence-electron chi connectivity index (χ0n) is 19.2. The van der Waals surface area contributed by atoms with Crippen molar-refractivity contribution in [1.82, 2.24) is 20.5 Å². The van der Waals surface area contributed by atoms with Crippen molar-refractivity contribution in [2.45, 2.75) is 32.5 Å². The summed E-state index contributed by atoms with van der Waals surface area (Å²) in [5.41, 5.74) is 6.14. The molecule has 0 fully saturated rings. The van der Waals surface area contributed by atoms with Crippen LogP contribution in [0.2, 0.25) is 0 Å². The molecule has 7 nitrogen and oxygen atoms in total. The van der Waals surface area contributed by atoms with Crippen molar-refractivity contribution in [1.29, 1.82) is 0 Å². The van der Waals surface area contributed by atoms with E-state index in [0.717, 1.165) is 37.3 Å². The number of rotatable bonds is 5. The Morgan fingerprint density at radius 1 is 0.794 bits per heavy atom. The maximum atomic E-state index is 12.5. The number of carbonyl (C=O) groups is 2. The predicted octanol–water partition coefficient (Wildman–Crippen LogP) is 3.03. The first kappa shape index (κ1) is 21.9. The van der Waals surface area contributed by atoms with E-state index in [0.29, 0.717) is 19.6 Å². The summed E-state index contributed by atoms with van der Waals surface area (Å²) in [7, 11) is 0. The molecule has 0 unspecified atom stereocenters. The van der Waals surface area contributed by atoms with Gasteiger partial charge in [0.25, 0.3) is 0 Å². The first-order valence-corrected chi connectivity index (χ1v) is 11.8. The van der Waals surface area contributed by atoms with E-state index in [-0.39, 0.29) is 18.5 Å². The monoisotopic (exact) mass is 455 g/mol. The number of fused-ring (bicyclic) bond motifs is 2. The summed E-state index contributed by atoms with van der Waals surface area (Å²) >= 11 is 0. The van der Waals surface area contributed by atoms with Crippen LogP contribution in [-0.4, -0.2) is 41.5 Å². The van der Waals surface area contributed by atoms with Crippen LogP contribution in [-0.2, 0) is 37.3 Å². The van der Waals surface area contributed by atoms with Crippen LogP contribution in [0.25, 0.3) is 0 Å². The van der Waals surface area contributed by atoms with Crippen molar-refractivity contribution in [3.63, 3.8) is 0 Å². The zero-order valence-corrected chi connectivity index (χ0v) is 19.2. The van der Waals surface area contributed by atoms with E-state index in [9.17, 15) is 9.59 Å². The van der Waals surface area contributed by atoms with Gasteiger partial charge in [-0.15, -0.1) is 0 Å². The van der Waals surface area contributed by atoms with Gasteiger partial charge in [0.2, 0.25) is 5.91 Å². The molecule has 7 heteroatoms. The Bertz CT molecular complexity index is 1180. The van der Waals surface area contributed by atoms with Crippen LogP contribution < -0.4 is 15.5 Å². The molecule has 0 aliphatic carbocycles. The molecular weight excluding hydrogens is 426 g/mol. The van der Waals surface area contributed by atoms with Crippen LogP contribution in [0.15, 0.2) is 66.9 Å². The second-order valence-corrected chi connectivity index (χ2v) is 8.84. The average Bonchev–Trinajstić information content (AvgIpc) is 2.90. The van der Waals surface area contributed by atoms with Crippen molar-refractivity contribution in [2.24, 2.45) is 0 Å². The van der Waals surface area contributed by atoms with Crippen molar-refractivity contribution in [2.75, 3.05) is 24.5 Å². The third-order valence-corrected chi connectivity index (χ3v) is 6.60. The van der Waals surface area contributed by atoms with Crippen molar-refractivity contribution in [3.05, 3.63) is 94.7 Å². The van der Waals surface area contributed by atoms with Gasteiger partial charge in [0.15, 0.2) is 0 Å². The van der Waals surface area contributed by atoms with Crippen LogP contribution in [0.1, 0.15) is 27.8 Å². The molecule has 3 heterocycles. The molecule has 1 aromatic heterocycles. The number of nitrogens with one attached hydrogen (secondary N) is 2. The number of benzene rings is 2. The molecule has 2 N–H and O–H groups in total. The molecule has 174 valence electrons. The Morgan fingerprint density at radius 2 is 1.47 bits per heavy atom. The summed E-state index contributed by atoms with van der Waals surface area (Å²) in [4.78, 5) is 33.4. The minimum atomic E-state index is -0.359. The minimum Gasteiger partial charge on any atom is -0.352 e. The quantitative estimate of drug-likeness (QED) is 0.620. The molecule has 0 saturated heterocycles. The van der Waals surface area contributed by atoms with Gasteiger partial charge in [-0.1, -0.05) is 54.6 Å². The normalized spacial score (nSPS) is 14.7. The highest BCUT2D eigenvalue weighted by molar-refractivity contribution is 5.84. The number of hydrogen-bond acceptors (Lipinski definition) is 4. The average molecular weight is 456 g/mol. The molecule has 0 saturated carbocycles. The van der Waals surface area contributed by atoms with Gasteiger partial charge < -0.3 is 20.4 Å². The van der Waals surface area contributed by atoms with Crippen LogP contribution in [0.4, 0.5) is 10.6 Å². The highest BCUT2D eigenvalue weighted by Gasteiger charge is 2.20. The van der Waals surface area contributed by atoms with Gasteiger partial charge in [-0.25, -0.2) is 9.78 Å². The summed E-state index contributed by atoms with van der Waals surface area (Å²) in [5, 5.41) is 5.49. The maximum absolute atomic E-state index is 12.5. The molecule has 2 aliphatic rings. The van der Waals surface area contributed by atoms with Gasteiger partial charge in [0.05, 0.1) is 6.54 Å². The first-order chi connectivity index (χ1) is 16.7.